The smallest absolute Gasteiger partial charge is 0.119 e. The summed E-state index contributed by atoms with van der Waals surface area (Å²) in [5, 5.41) is 18.9. The highest BCUT2D eigenvalue weighted by molar-refractivity contribution is 5.36. The van der Waals surface area contributed by atoms with Crippen molar-refractivity contribution in [3.8, 4) is 11.5 Å². The van der Waals surface area contributed by atoms with Crippen LogP contribution in [-0.2, 0) is 6.42 Å². The third kappa shape index (κ3) is 12.3. The number of aryl methyl sites for hydroxylation is 1. The van der Waals surface area contributed by atoms with Gasteiger partial charge in [0.2, 0.25) is 0 Å². The van der Waals surface area contributed by atoms with E-state index in [-0.39, 0.29) is 11.5 Å². The van der Waals surface area contributed by atoms with Gasteiger partial charge < -0.3 is 10.2 Å². The highest BCUT2D eigenvalue weighted by atomic mass is 16.3. The van der Waals surface area contributed by atoms with Gasteiger partial charge in [-0.1, -0.05) is 63.3 Å². The molecule has 0 aromatic heterocycles. The zero-order chi connectivity index (χ0) is 18.2. The Morgan fingerprint density at radius 3 is 1.88 bits per heavy atom. The van der Waals surface area contributed by atoms with E-state index in [1.54, 1.807) is 12.1 Å². The first-order valence-electron chi connectivity index (χ1n) is 10.0. The molecule has 0 unspecified atom stereocenters. The van der Waals surface area contributed by atoms with Crippen LogP contribution >= 0.6 is 0 Å². The minimum atomic E-state index is 0.151. The number of unbranched alkanes of at least 4 members (excludes halogenated alkanes) is 8. The Kier molecular flexibility index (Phi) is 12.5. The monoisotopic (exact) mass is 344 g/mol. The van der Waals surface area contributed by atoms with Gasteiger partial charge in [0.15, 0.2) is 0 Å². The Morgan fingerprint density at radius 1 is 0.680 bits per heavy atom. The molecule has 0 aliphatic rings. The van der Waals surface area contributed by atoms with Gasteiger partial charge >= 0.3 is 0 Å². The third-order valence-electron chi connectivity index (χ3n) is 4.38. The van der Waals surface area contributed by atoms with E-state index in [1.165, 1.54) is 63.9 Å². The summed E-state index contributed by atoms with van der Waals surface area (Å²) in [5.41, 5.74) is 1.02. The molecule has 0 radical (unpaired) electrons. The first-order chi connectivity index (χ1) is 12.2. The Bertz CT molecular complexity index is 483. The maximum atomic E-state index is 9.45. The number of hydrogen-bond donors (Lipinski definition) is 2. The van der Waals surface area contributed by atoms with E-state index in [1.807, 2.05) is 0 Å². The molecule has 140 valence electrons. The van der Waals surface area contributed by atoms with Crippen molar-refractivity contribution in [2.24, 2.45) is 0 Å². The lowest BCUT2D eigenvalue weighted by atomic mass is 10.0. The Labute approximate surface area is 154 Å². The van der Waals surface area contributed by atoms with Crippen LogP contribution in [0.3, 0.4) is 0 Å². The second kappa shape index (κ2) is 14.6. The van der Waals surface area contributed by atoms with Crippen molar-refractivity contribution in [1.29, 1.82) is 0 Å². The molecule has 0 fully saturated rings. The Morgan fingerprint density at radius 2 is 1.24 bits per heavy atom. The van der Waals surface area contributed by atoms with Crippen LogP contribution < -0.4 is 0 Å². The molecule has 0 aliphatic heterocycles. The number of aromatic hydroxyl groups is 2. The van der Waals surface area contributed by atoms with Crippen molar-refractivity contribution in [1.82, 2.24) is 0 Å². The molecule has 0 saturated carbocycles. The minimum Gasteiger partial charge on any atom is -0.508 e. The normalized spacial score (nSPS) is 11.7. The number of hydrogen-bond acceptors (Lipinski definition) is 2. The van der Waals surface area contributed by atoms with Crippen LogP contribution in [0.1, 0.15) is 83.1 Å². The summed E-state index contributed by atoms with van der Waals surface area (Å²) < 4.78 is 0. The fourth-order valence-electron chi connectivity index (χ4n) is 2.94. The van der Waals surface area contributed by atoms with E-state index < -0.39 is 0 Å². The lowest BCUT2D eigenvalue weighted by molar-refractivity contribution is 0.449. The van der Waals surface area contributed by atoms with Gasteiger partial charge in [-0.2, -0.15) is 0 Å². The van der Waals surface area contributed by atoms with Crippen molar-refractivity contribution in [2.45, 2.75) is 84.0 Å². The molecule has 0 bridgehead atoms. The van der Waals surface area contributed by atoms with Gasteiger partial charge in [-0.25, -0.2) is 0 Å². The molecule has 1 aromatic carbocycles. The molecule has 1 aromatic rings. The average molecular weight is 345 g/mol. The van der Waals surface area contributed by atoms with E-state index in [0.717, 1.165) is 24.8 Å². The van der Waals surface area contributed by atoms with Gasteiger partial charge in [-0.05, 0) is 62.6 Å². The quantitative estimate of drug-likeness (QED) is 0.280. The van der Waals surface area contributed by atoms with Crippen LogP contribution in [0.4, 0.5) is 0 Å². The van der Waals surface area contributed by atoms with Gasteiger partial charge in [0.1, 0.15) is 11.5 Å². The first-order valence-corrected chi connectivity index (χ1v) is 10.0. The predicted octanol–water partition coefficient (Wildman–Crippen LogP) is 7.06. The minimum absolute atomic E-state index is 0.151. The van der Waals surface area contributed by atoms with Crippen LogP contribution in [0.15, 0.2) is 42.5 Å². The lowest BCUT2D eigenvalue weighted by Crippen LogP contribution is -1.86. The summed E-state index contributed by atoms with van der Waals surface area (Å²) in [5.74, 6) is 0.301. The molecule has 1 rings (SSSR count). The average Bonchev–Trinajstić information content (AvgIpc) is 2.57. The van der Waals surface area contributed by atoms with Gasteiger partial charge in [-0.15, -0.1) is 0 Å². The second-order valence-electron chi connectivity index (χ2n) is 6.84. The maximum absolute atomic E-state index is 9.45. The maximum Gasteiger partial charge on any atom is 0.119 e. The van der Waals surface area contributed by atoms with Gasteiger partial charge in [0.05, 0.1) is 0 Å². The fourth-order valence-corrected chi connectivity index (χ4v) is 2.94. The molecular weight excluding hydrogens is 308 g/mol. The second-order valence-corrected chi connectivity index (χ2v) is 6.84. The molecule has 2 nitrogen and oxygen atoms in total. The summed E-state index contributed by atoms with van der Waals surface area (Å²) >= 11 is 0. The molecule has 0 spiro atoms. The Hall–Kier alpha value is -1.70. The highest BCUT2D eigenvalue weighted by Gasteiger charge is 1.99. The molecule has 2 N–H and O–H groups in total. The third-order valence-corrected chi connectivity index (χ3v) is 4.38. The van der Waals surface area contributed by atoms with Crippen LogP contribution in [0.5, 0.6) is 11.5 Å². The molecule has 2 heteroatoms. The van der Waals surface area contributed by atoms with Crippen LogP contribution in [0.2, 0.25) is 0 Å². The topological polar surface area (TPSA) is 40.5 Å². The number of rotatable bonds is 14. The molecule has 0 heterocycles. The van der Waals surface area contributed by atoms with Crippen LogP contribution in [-0.4, -0.2) is 10.2 Å². The summed E-state index contributed by atoms with van der Waals surface area (Å²) in [6, 6.07) is 4.85. The highest BCUT2D eigenvalue weighted by Crippen LogP contribution is 2.22. The van der Waals surface area contributed by atoms with Crippen LogP contribution in [0.25, 0.3) is 0 Å². The molecule has 0 atom stereocenters. The van der Waals surface area contributed by atoms with Crippen molar-refractivity contribution in [3.05, 3.63) is 48.1 Å². The SMILES string of the molecule is CCCCC/C=C/C/C=C/CCCCCCCc1cc(O)cc(O)c1. The number of phenols is 2. The molecule has 0 saturated heterocycles. The zero-order valence-corrected chi connectivity index (χ0v) is 15.9. The molecule has 25 heavy (non-hydrogen) atoms. The zero-order valence-electron chi connectivity index (χ0n) is 15.9. The van der Waals surface area contributed by atoms with E-state index in [0.29, 0.717) is 0 Å². The van der Waals surface area contributed by atoms with Crippen molar-refractivity contribution in [3.63, 3.8) is 0 Å². The van der Waals surface area contributed by atoms with Gasteiger partial charge in [-0.3, -0.25) is 0 Å². The van der Waals surface area contributed by atoms with E-state index in [2.05, 4.69) is 31.2 Å². The largest absolute Gasteiger partial charge is 0.508 e. The Balaban J connectivity index is 1.92. The molecule has 0 aliphatic carbocycles. The van der Waals surface area contributed by atoms with E-state index in [4.69, 9.17) is 0 Å². The predicted molar refractivity (Wildman–Crippen MR) is 108 cm³/mol. The van der Waals surface area contributed by atoms with Crippen molar-refractivity contribution >= 4 is 0 Å². The number of allylic oxidation sites excluding steroid dienone is 4. The molecule has 0 amide bonds. The van der Waals surface area contributed by atoms with Gasteiger partial charge in [0, 0.05) is 6.07 Å². The summed E-state index contributed by atoms with van der Waals surface area (Å²) in [7, 11) is 0. The lowest BCUT2D eigenvalue weighted by Gasteiger charge is -2.04. The van der Waals surface area contributed by atoms with Crippen molar-refractivity contribution in [2.75, 3.05) is 0 Å². The first kappa shape index (κ1) is 21.3. The standard InChI is InChI=1S/C23H36O2/c1-2-3-4-5-6-7-8-9-10-11-12-13-14-15-16-17-21-18-22(24)20-23(25)19-21/h6-7,9-10,18-20,24-25H,2-5,8,11-17H2,1H3/b7-6+,10-9+. The van der Waals surface area contributed by atoms with E-state index in [9.17, 15) is 10.2 Å². The summed E-state index contributed by atoms with van der Waals surface area (Å²) in [4.78, 5) is 0. The van der Waals surface area contributed by atoms with E-state index >= 15 is 0 Å². The number of phenolic OH excluding ortho intramolecular Hbond substituents is 2. The summed E-state index contributed by atoms with van der Waals surface area (Å²) in [6.45, 7) is 2.24. The van der Waals surface area contributed by atoms with Crippen molar-refractivity contribution < 1.29 is 10.2 Å². The number of benzene rings is 1. The fraction of sp³-hybridized carbons (Fsp3) is 0.565. The summed E-state index contributed by atoms with van der Waals surface area (Å²) in [6.07, 6.45) is 23.7. The van der Waals surface area contributed by atoms with Gasteiger partial charge in [0.25, 0.3) is 0 Å². The molecular formula is C23H36O2. The van der Waals surface area contributed by atoms with Crippen LogP contribution in [0, 0.1) is 0 Å².